The normalized spacial score (nSPS) is 16.6. The van der Waals surface area contributed by atoms with E-state index >= 15 is 0 Å². The van der Waals surface area contributed by atoms with Gasteiger partial charge in [0.2, 0.25) is 0 Å². The molecule has 0 bridgehead atoms. The highest BCUT2D eigenvalue weighted by Gasteiger charge is 2.20. The van der Waals surface area contributed by atoms with E-state index in [4.69, 9.17) is 11.6 Å². The third-order valence-corrected chi connectivity index (χ3v) is 4.43. The number of hydrogen-bond donors (Lipinski definition) is 0. The molecule has 4 nitrogen and oxygen atoms in total. The van der Waals surface area contributed by atoms with E-state index in [-0.39, 0.29) is 5.82 Å². The monoisotopic (exact) mass is 312 g/mol. The number of anilines is 1. The van der Waals surface area contributed by atoms with Gasteiger partial charge in [0.25, 0.3) is 0 Å². The average Bonchev–Trinajstić information content (AvgIpc) is 2.86. The molecule has 1 fully saturated rings. The molecule has 1 aromatic heterocycles. The topological polar surface area (TPSA) is 32.3 Å². The van der Waals surface area contributed by atoms with Crippen LogP contribution in [0.1, 0.15) is 5.69 Å². The van der Waals surface area contributed by atoms with E-state index in [0.717, 1.165) is 31.9 Å². The van der Waals surface area contributed by atoms with E-state index in [1.165, 1.54) is 17.6 Å². The fourth-order valence-corrected chi connectivity index (χ4v) is 2.97. The minimum Gasteiger partial charge on any atom is -0.367 e. The SMILES string of the molecule is Fc1ccccc1N1CCN(Cc2nnsc2Cl)CC1. The van der Waals surface area contributed by atoms with Crippen LogP contribution in [0.4, 0.5) is 10.1 Å². The van der Waals surface area contributed by atoms with Gasteiger partial charge in [0.05, 0.1) is 5.69 Å². The Hall–Kier alpha value is -1.24. The van der Waals surface area contributed by atoms with Gasteiger partial charge in [-0.15, -0.1) is 5.10 Å². The second kappa shape index (κ2) is 6.03. The quantitative estimate of drug-likeness (QED) is 0.872. The highest BCUT2D eigenvalue weighted by Crippen LogP contribution is 2.22. The summed E-state index contributed by atoms with van der Waals surface area (Å²) in [6.45, 7) is 4.04. The van der Waals surface area contributed by atoms with Crippen LogP contribution in [0.15, 0.2) is 24.3 Å². The van der Waals surface area contributed by atoms with Crippen molar-refractivity contribution in [1.82, 2.24) is 14.5 Å². The molecule has 1 aliphatic rings. The zero-order valence-corrected chi connectivity index (χ0v) is 12.4. The first kappa shape index (κ1) is 13.7. The summed E-state index contributed by atoms with van der Waals surface area (Å²) in [6, 6.07) is 6.91. The molecule has 0 N–H and O–H groups in total. The van der Waals surface area contributed by atoms with E-state index in [2.05, 4.69) is 19.4 Å². The molecule has 0 radical (unpaired) electrons. The van der Waals surface area contributed by atoms with Gasteiger partial charge in [0.1, 0.15) is 15.8 Å². The van der Waals surface area contributed by atoms with Gasteiger partial charge in [-0.1, -0.05) is 28.2 Å². The number of para-hydroxylation sites is 1. The third-order valence-electron chi connectivity index (χ3n) is 3.45. The number of nitrogens with zero attached hydrogens (tertiary/aromatic N) is 4. The lowest BCUT2D eigenvalue weighted by molar-refractivity contribution is 0.246. The largest absolute Gasteiger partial charge is 0.367 e. The number of benzene rings is 1. The Morgan fingerprint density at radius 1 is 1.20 bits per heavy atom. The fraction of sp³-hybridized carbons (Fsp3) is 0.385. The van der Waals surface area contributed by atoms with Crippen molar-refractivity contribution < 1.29 is 4.39 Å². The number of rotatable bonds is 3. The van der Waals surface area contributed by atoms with E-state index in [9.17, 15) is 4.39 Å². The molecule has 0 amide bonds. The maximum atomic E-state index is 13.7. The molecule has 2 heterocycles. The molecule has 1 aliphatic heterocycles. The van der Waals surface area contributed by atoms with Crippen LogP contribution in [0.5, 0.6) is 0 Å². The summed E-state index contributed by atoms with van der Waals surface area (Å²) in [4.78, 5) is 4.34. The highest BCUT2D eigenvalue weighted by atomic mass is 35.5. The second-order valence-electron chi connectivity index (χ2n) is 4.71. The molecule has 0 aliphatic carbocycles. The molecule has 2 aromatic rings. The van der Waals surface area contributed by atoms with Crippen LogP contribution < -0.4 is 4.90 Å². The molecule has 0 unspecified atom stereocenters. The summed E-state index contributed by atoms with van der Waals surface area (Å²) in [5.41, 5.74) is 1.51. The number of hydrogen-bond acceptors (Lipinski definition) is 5. The molecule has 1 saturated heterocycles. The Morgan fingerprint density at radius 2 is 1.95 bits per heavy atom. The van der Waals surface area contributed by atoms with Gasteiger partial charge in [-0.3, -0.25) is 4.90 Å². The summed E-state index contributed by atoms with van der Waals surface area (Å²) in [5.74, 6) is -0.160. The summed E-state index contributed by atoms with van der Waals surface area (Å²) >= 11 is 7.22. The van der Waals surface area contributed by atoms with E-state index in [1.807, 2.05) is 12.1 Å². The van der Waals surface area contributed by atoms with Crippen molar-refractivity contribution in [2.24, 2.45) is 0 Å². The lowest BCUT2D eigenvalue weighted by Crippen LogP contribution is -2.46. The molecule has 0 saturated carbocycles. The zero-order valence-electron chi connectivity index (χ0n) is 10.8. The van der Waals surface area contributed by atoms with Gasteiger partial charge >= 0.3 is 0 Å². The Kier molecular flexibility index (Phi) is 4.14. The number of aromatic nitrogens is 2. The Labute approximate surface area is 125 Å². The van der Waals surface area contributed by atoms with Crippen LogP contribution >= 0.6 is 23.1 Å². The molecule has 0 spiro atoms. The van der Waals surface area contributed by atoms with Crippen molar-refractivity contribution in [3.63, 3.8) is 0 Å². The predicted molar refractivity (Wildman–Crippen MR) is 78.8 cm³/mol. The Balaban J connectivity index is 1.60. The summed E-state index contributed by atoms with van der Waals surface area (Å²) < 4.78 is 18.2. The molecular formula is C13H14ClFN4S. The van der Waals surface area contributed by atoms with Crippen molar-refractivity contribution >= 4 is 28.8 Å². The van der Waals surface area contributed by atoms with Gasteiger partial charge in [-0.25, -0.2) is 4.39 Å². The minimum atomic E-state index is -0.160. The van der Waals surface area contributed by atoms with Crippen molar-refractivity contribution in [3.8, 4) is 0 Å². The highest BCUT2D eigenvalue weighted by molar-refractivity contribution is 7.10. The predicted octanol–water partition coefficient (Wildman–Crippen LogP) is 2.65. The van der Waals surface area contributed by atoms with Crippen LogP contribution in [0.25, 0.3) is 0 Å². The molecule has 106 valence electrons. The van der Waals surface area contributed by atoms with Gasteiger partial charge < -0.3 is 4.90 Å². The third kappa shape index (κ3) is 2.92. The minimum absolute atomic E-state index is 0.160. The summed E-state index contributed by atoms with van der Waals surface area (Å²) in [5, 5.41) is 4.02. The molecule has 1 aromatic carbocycles. The van der Waals surface area contributed by atoms with Gasteiger partial charge in [-0.05, 0) is 12.1 Å². The fourth-order valence-electron chi connectivity index (χ4n) is 2.36. The Morgan fingerprint density at radius 3 is 2.60 bits per heavy atom. The zero-order chi connectivity index (χ0) is 13.9. The molecule has 0 atom stereocenters. The maximum absolute atomic E-state index is 13.7. The first-order valence-electron chi connectivity index (χ1n) is 6.42. The lowest BCUT2D eigenvalue weighted by Gasteiger charge is -2.35. The van der Waals surface area contributed by atoms with Crippen LogP contribution in [-0.4, -0.2) is 40.7 Å². The number of piperazine rings is 1. The maximum Gasteiger partial charge on any atom is 0.146 e. The average molecular weight is 313 g/mol. The second-order valence-corrected chi connectivity index (χ2v) is 6.06. The van der Waals surface area contributed by atoms with Crippen molar-refractivity contribution in [2.75, 3.05) is 31.1 Å². The van der Waals surface area contributed by atoms with Crippen molar-refractivity contribution in [2.45, 2.75) is 6.54 Å². The molecule has 3 rings (SSSR count). The van der Waals surface area contributed by atoms with Crippen LogP contribution in [0, 0.1) is 5.82 Å². The molecule has 20 heavy (non-hydrogen) atoms. The van der Waals surface area contributed by atoms with Crippen LogP contribution in [-0.2, 0) is 6.54 Å². The van der Waals surface area contributed by atoms with Gasteiger partial charge in [0, 0.05) is 44.3 Å². The number of halogens is 2. The van der Waals surface area contributed by atoms with Gasteiger partial charge in [0.15, 0.2) is 0 Å². The Bertz CT molecular complexity index is 583. The van der Waals surface area contributed by atoms with Crippen LogP contribution in [0.2, 0.25) is 4.34 Å². The summed E-state index contributed by atoms with van der Waals surface area (Å²) in [6.07, 6.45) is 0. The van der Waals surface area contributed by atoms with E-state index in [0.29, 0.717) is 16.6 Å². The molecule has 7 heteroatoms. The van der Waals surface area contributed by atoms with Crippen LogP contribution in [0.3, 0.4) is 0 Å². The standard InChI is InChI=1S/C13H14ClFN4S/c14-13-11(16-17-20-13)9-18-5-7-19(8-6-18)12-4-2-1-3-10(12)15/h1-4H,5-9H2. The van der Waals surface area contributed by atoms with Crippen molar-refractivity contribution in [3.05, 3.63) is 40.1 Å². The summed E-state index contributed by atoms with van der Waals surface area (Å²) in [7, 11) is 0. The van der Waals surface area contributed by atoms with Crippen molar-refractivity contribution in [1.29, 1.82) is 0 Å². The van der Waals surface area contributed by atoms with E-state index in [1.54, 1.807) is 6.07 Å². The molecular weight excluding hydrogens is 299 g/mol. The van der Waals surface area contributed by atoms with Gasteiger partial charge in [-0.2, -0.15) is 0 Å². The smallest absolute Gasteiger partial charge is 0.146 e. The first-order valence-corrected chi connectivity index (χ1v) is 7.58. The van der Waals surface area contributed by atoms with E-state index < -0.39 is 0 Å². The first-order chi connectivity index (χ1) is 9.74. The lowest BCUT2D eigenvalue weighted by atomic mass is 10.2.